The van der Waals surface area contributed by atoms with Crippen molar-refractivity contribution in [2.45, 2.75) is 45.1 Å². The lowest BCUT2D eigenvalue weighted by Crippen LogP contribution is -2.40. The van der Waals surface area contributed by atoms with Gasteiger partial charge in [0.1, 0.15) is 5.82 Å². The molecule has 0 unspecified atom stereocenters. The molecule has 1 aromatic carbocycles. The van der Waals surface area contributed by atoms with Gasteiger partial charge < -0.3 is 9.64 Å². The quantitative estimate of drug-likeness (QED) is 0.520. The van der Waals surface area contributed by atoms with E-state index < -0.39 is 5.82 Å². The van der Waals surface area contributed by atoms with Crippen LogP contribution in [0.5, 0.6) is 6.01 Å². The fourth-order valence-electron chi connectivity index (χ4n) is 5.36. The Hall–Kier alpha value is -3.88. The fraction of sp³-hybridized carbons (Fsp3) is 0.414. The van der Waals surface area contributed by atoms with Crippen LogP contribution in [0.4, 0.5) is 4.39 Å². The Morgan fingerprint density at radius 2 is 1.82 bits per heavy atom. The summed E-state index contributed by atoms with van der Waals surface area (Å²) in [6.45, 7) is 1.87. The summed E-state index contributed by atoms with van der Waals surface area (Å²) in [7, 11) is 0. The largest absolute Gasteiger partial charge is 0.463 e. The van der Waals surface area contributed by atoms with Crippen LogP contribution in [0.3, 0.4) is 0 Å². The van der Waals surface area contributed by atoms with Gasteiger partial charge >= 0.3 is 6.01 Å². The third-order valence-corrected chi connectivity index (χ3v) is 7.80. The highest BCUT2D eigenvalue weighted by molar-refractivity contribution is 6.20. The van der Waals surface area contributed by atoms with Crippen molar-refractivity contribution in [3.8, 4) is 17.1 Å². The molecule has 2 fully saturated rings. The lowest BCUT2D eigenvalue weighted by atomic mass is 9.97. The number of allylic oxidation sites excluding steroid dienone is 1. The number of halogens is 1. The maximum atomic E-state index is 15.5. The van der Waals surface area contributed by atoms with Crippen molar-refractivity contribution < 1.29 is 23.5 Å². The molecular weight excluding hydrogens is 487 g/mol. The van der Waals surface area contributed by atoms with Crippen LogP contribution in [0.25, 0.3) is 11.1 Å². The van der Waals surface area contributed by atoms with Crippen molar-refractivity contribution >= 4 is 17.7 Å². The summed E-state index contributed by atoms with van der Waals surface area (Å²) in [6, 6.07) is 5.11. The van der Waals surface area contributed by atoms with Gasteiger partial charge in [-0.25, -0.2) is 14.4 Å². The molecule has 1 saturated heterocycles. The molecule has 6 rings (SSSR count). The number of benzene rings is 1. The van der Waals surface area contributed by atoms with E-state index in [1.807, 2.05) is 11.0 Å². The predicted octanol–water partition coefficient (Wildman–Crippen LogP) is 3.83. The van der Waals surface area contributed by atoms with E-state index in [1.165, 1.54) is 12.4 Å². The van der Waals surface area contributed by atoms with Crippen LogP contribution in [0.2, 0.25) is 0 Å². The zero-order valence-corrected chi connectivity index (χ0v) is 21.1. The van der Waals surface area contributed by atoms with E-state index in [4.69, 9.17) is 4.74 Å². The first kappa shape index (κ1) is 24.5. The first-order valence-electron chi connectivity index (χ1n) is 13.3. The molecule has 1 aromatic heterocycles. The van der Waals surface area contributed by atoms with Gasteiger partial charge in [0.2, 0.25) is 5.91 Å². The molecule has 2 aliphatic carbocycles. The summed E-state index contributed by atoms with van der Waals surface area (Å²) < 4.78 is 21.3. The number of ether oxygens (including phenoxy) is 1. The number of likely N-dealkylation sites (tertiary alicyclic amines) is 1. The number of piperidine rings is 1. The average Bonchev–Trinajstić information content (AvgIpc) is 3.78. The molecule has 196 valence electrons. The molecule has 9 heteroatoms. The van der Waals surface area contributed by atoms with Crippen LogP contribution in [0.15, 0.2) is 53.9 Å². The van der Waals surface area contributed by atoms with Crippen LogP contribution in [-0.4, -0.2) is 57.2 Å². The molecule has 2 aromatic rings. The molecule has 0 bridgehead atoms. The number of hydrogen-bond donors (Lipinski definition) is 0. The topological polar surface area (TPSA) is 92.7 Å². The summed E-state index contributed by atoms with van der Waals surface area (Å²) >= 11 is 0. The maximum Gasteiger partial charge on any atom is 0.316 e. The molecule has 0 N–H and O–H groups in total. The van der Waals surface area contributed by atoms with Crippen molar-refractivity contribution in [1.82, 2.24) is 19.8 Å². The summed E-state index contributed by atoms with van der Waals surface area (Å²) in [5, 5.41) is 0. The molecule has 1 saturated carbocycles. The zero-order valence-electron chi connectivity index (χ0n) is 21.1. The minimum atomic E-state index is -0.515. The standard InChI is InChI=1S/C29H29FN4O4/c30-25-20(16-34-27(36)23-5-1-2-6-24(23)28(34)37)4-3-7-22(25)21-14-31-29(32-15-21)38-17-18-10-12-33(13-11-18)26(35)19-8-9-19/h1,3-5,7,14-15,18-19H,2,6,8-13,16-17H2. The monoisotopic (exact) mass is 516 g/mol. The number of nitrogens with zero attached hydrogens (tertiary/aromatic N) is 4. The molecule has 8 nitrogen and oxygen atoms in total. The van der Waals surface area contributed by atoms with Gasteiger partial charge in [-0.3, -0.25) is 19.3 Å². The normalized spacial score (nSPS) is 19.8. The highest BCUT2D eigenvalue weighted by Gasteiger charge is 2.38. The van der Waals surface area contributed by atoms with Gasteiger partial charge in [-0.2, -0.15) is 0 Å². The van der Waals surface area contributed by atoms with Crippen LogP contribution in [0, 0.1) is 17.7 Å². The highest BCUT2D eigenvalue weighted by Crippen LogP contribution is 2.33. The third-order valence-electron chi connectivity index (χ3n) is 7.80. The number of carbonyl (C=O) groups excluding carboxylic acids is 3. The van der Waals surface area contributed by atoms with Gasteiger partial charge in [-0.15, -0.1) is 0 Å². The molecular formula is C29H29FN4O4. The fourth-order valence-corrected chi connectivity index (χ4v) is 5.36. The summed E-state index contributed by atoms with van der Waals surface area (Å²) in [5.74, 6) is -0.350. The molecule has 3 amide bonds. The Bertz CT molecular complexity index is 1340. The Balaban J connectivity index is 1.07. The summed E-state index contributed by atoms with van der Waals surface area (Å²) in [4.78, 5) is 49.3. The second-order valence-electron chi connectivity index (χ2n) is 10.4. The number of rotatable bonds is 7. The first-order valence-corrected chi connectivity index (χ1v) is 13.3. The Kier molecular flexibility index (Phi) is 6.51. The highest BCUT2D eigenvalue weighted by atomic mass is 19.1. The molecule has 38 heavy (non-hydrogen) atoms. The van der Waals surface area contributed by atoms with Crippen molar-refractivity contribution in [3.63, 3.8) is 0 Å². The van der Waals surface area contributed by atoms with E-state index in [2.05, 4.69) is 9.97 Å². The first-order chi connectivity index (χ1) is 18.5. The molecule has 0 radical (unpaired) electrons. The molecule has 4 aliphatic rings. The molecule has 0 spiro atoms. The minimum absolute atomic E-state index is 0.134. The lowest BCUT2D eigenvalue weighted by Gasteiger charge is -2.31. The van der Waals surface area contributed by atoms with Crippen LogP contribution in [0.1, 0.15) is 44.1 Å². The number of hydrogen-bond acceptors (Lipinski definition) is 6. The smallest absolute Gasteiger partial charge is 0.316 e. The zero-order chi connectivity index (χ0) is 26.2. The van der Waals surface area contributed by atoms with Gasteiger partial charge in [0.25, 0.3) is 11.8 Å². The van der Waals surface area contributed by atoms with E-state index in [-0.39, 0.29) is 35.9 Å². The SMILES string of the molecule is O=C(C1CC1)N1CCC(COc2ncc(-c3cccc(CN4C(=O)C5=C(CCC=C5)C4=O)c3F)cn2)CC1. The lowest BCUT2D eigenvalue weighted by molar-refractivity contribution is -0.138. The predicted molar refractivity (Wildman–Crippen MR) is 136 cm³/mol. The Morgan fingerprint density at radius 1 is 1.05 bits per heavy atom. The average molecular weight is 517 g/mol. The van der Waals surface area contributed by atoms with Gasteiger partial charge in [0.15, 0.2) is 0 Å². The number of aromatic nitrogens is 2. The Morgan fingerprint density at radius 3 is 2.53 bits per heavy atom. The maximum absolute atomic E-state index is 15.5. The number of imide groups is 1. The van der Waals surface area contributed by atoms with Crippen LogP contribution in [-0.2, 0) is 20.9 Å². The third kappa shape index (κ3) is 4.73. The summed E-state index contributed by atoms with van der Waals surface area (Å²) in [6.07, 6.45) is 11.7. The Labute approximate surface area is 220 Å². The van der Waals surface area contributed by atoms with Crippen molar-refractivity contribution in [2.24, 2.45) is 11.8 Å². The van der Waals surface area contributed by atoms with E-state index in [1.54, 1.807) is 24.3 Å². The van der Waals surface area contributed by atoms with E-state index in [0.29, 0.717) is 47.1 Å². The van der Waals surface area contributed by atoms with E-state index >= 15 is 4.39 Å². The van der Waals surface area contributed by atoms with Gasteiger partial charge in [0.05, 0.1) is 13.2 Å². The van der Waals surface area contributed by atoms with E-state index in [9.17, 15) is 14.4 Å². The van der Waals surface area contributed by atoms with E-state index in [0.717, 1.165) is 50.1 Å². The van der Waals surface area contributed by atoms with Crippen LogP contribution < -0.4 is 4.74 Å². The number of carbonyl (C=O) groups is 3. The van der Waals surface area contributed by atoms with Gasteiger partial charge in [-0.1, -0.05) is 30.4 Å². The van der Waals surface area contributed by atoms with Crippen molar-refractivity contribution in [1.29, 1.82) is 0 Å². The van der Waals surface area contributed by atoms with Crippen LogP contribution >= 0.6 is 0 Å². The van der Waals surface area contributed by atoms with Gasteiger partial charge in [-0.05, 0) is 44.4 Å². The van der Waals surface area contributed by atoms with Gasteiger partial charge in [0, 0.05) is 59.2 Å². The molecule has 2 aliphatic heterocycles. The van der Waals surface area contributed by atoms with Crippen molar-refractivity contribution in [2.75, 3.05) is 19.7 Å². The second kappa shape index (κ2) is 10.1. The number of amides is 3. The minimum Gasteiger partial charge on any atom is -0.463 e. The summed E-state index contributed by atoms with van der Waals surface area (Å²) in [5.41, 5.74) is 1.94. The molecule has 0 atom stereocenters. The molecule has 3 heterocycles. The van der Waals surface area contributed by atoms with Crippen molar-refractivity contribution in [3.05, 3.63) is 65.3 Å². The second-order valence-corrected chi connectivity index (χ2v) is 10.4.